The Morgan fingerprint density at radius 3 is 1.83 bits per heavy atom. The van der Waals surface area contributed by atoms with E-state index >= 15 is 0 Å². The maximum Gasteiger partial charge on any atom is 0.408 e. The summed E-state index contributed by atoms with van der Waals surface area (Å²) in [5.41, 5.74) is 3.12. The molecule has 3 aromatic rings. The highest BCUT2D eigenvalue weighted by molar-refractivity contribution is 6.21. The minimum atomic E-state index is -0.356. The molecule has 47 heavy (non-hydrogen) atoms. The number of imide groups is 1. The van der Waals surface area contributed by atoms with E-state index in [0.29, 0.717) is 17.7 Å². The summed E-state index contributed by atoms with van der Waals surface area (Å²) in [5, 5.41) is 3.10. The first-order valence-electron chi connectivity index (χ1n) is 17.4. The highest BCUT2D eigenvalue weighted by Gasteiger charge is 2.35. The molecule has 8 nitrogen and oxygen atoms in total. The van der Waals surface area contributed by atoms with Crippen LogP contribution in [0.1, 0.15) is 89.3 Å². The Hall–Kier alpha value is -4.01. The molecule has 0 bridgehead atoms. The van der Waals surface area contributed by atoms with Crippen LogP contribution >= 0.6 is 0 Å². The molecule has 2 heterocycles. The fourth-order valence-corrected chi connectivity index (χ4v) is 6.82. The highest BCUT2D eigenvalue weighted by atomic mass is 16.6. The molecule has 3 aromatic carbocycles. The maximum absolute atomic E-state index is 12.9. The SMILES string of the molecule is C[N+](C)(CCCCCCCN1CCC(OC(=O)NC(c2ccccc2)c2ccccc2)CC1)CCCN1C(=O)c2ccccc2C1=O. The average molecular weight is 640 g/mol. The number of carbonyl (C=O) groups is 3. The zero-order valence-corrected chi connectivity index (χ0v) is 28.1. The molecule has 3 amide bonds. The average Bonchev–Trinajstić information content (AvgIpc) is 3.33. The van der Waals surface area contributed by atoms with Crippen LogP contribution in [0.2, 0.25) is 0 Å². The molecule has 250 valence electrons. The molecule has 8 heteroatoms. The molecule has 1 N–H and O–H groups in total. The van der Waals surface area contributed by atoms with Gasteiger partial charge in [-0.1, -0.05) is 85.6 Å². The summed E-state index contributed by atoms with van der Waals surface area (Å²) >= 11 is 0. The summed E-state index contributed by atoms with van der Waals surface area (Å²) < 4.78 is 6.77. The lowest BCUT2D eigenvalue weighted by atomic mass is 9.99. The van der Waals surface area contributed by atoms with E-state index in [0.717, 1.165) is 67.6 Å². The van der Waals surface area contributed by atoms with Crippen molar-refractivity contribution >= 4 is 17.9 Å². The Bertz CT molecular complexity index is 1380. The van der Waals surface area contributed by atoms with E-state index in [1.807, 2.05) is 72.8 Å². The highest BCUT2D eigenvalue weighted by Crippen LogP contribution is 2.24. The molecule has 0 saturated carbocycles. The largest absolute Gasteiger partial charge is 0.446 e. The van der Waals surface area contributed by atoms with Crippen LogP contribution in [0, 0.1) is 0 Å². The van der Waals surface area contributed by atoms with E-state index < -0.39 is 0 Å². The van der Waals surface area contributed by atoms with Gasteiger partial charge in [-0.15, -0.1) is 0 Å². The third-order valence-corrected chi connectivity index (χ3v) is 9.60. The van der Waals surface area contributed by atoms with E-state index in [4.69, 9.17) is 4.74 Å². The minimum absolute atomic E-state index is 0.0486. The van der Waals surface area contributed by atoms with Gasteiger partial charge in [0, 0.05) is 26.1 Å². The number of nitrogens with one attached hydrogen (secondary N) is 1. The molecule has 2 aliphatic heterocycles. The number of ether oxygens (including phenoxy) is 1. The van der Waals surface area contributed by atoms with E-state index in [1.165, 1.54) is 37.0 Å². The Morgan fingerprint density at radius 1 is 0.723 bits per heavy atom. The van der Waals surface area contributed by atoms with Crippen molar-refractivity contribution in [2.45, 2.75) is 63.5 Å². The topological polar surface area (TPSA) is 79.0 Å². The first-order chi connectivity index (χ1) is 22.8. The lowest BCUT2D eigenvalue weighted by Gasteiger charge is -2.32. The van der Waals surface area contributed by atoms with Crippen LogP contribution < -0.4 is 5.32 Å². The molecule has 2 aliphatic rings. The summed E-state index contributed by atoms with van der Waals surface area (Å²) in [6.07, 6.45) is 8.21. The molecular weight excluding hydrogens is 588 g/mol. The molecule has 1 saturated heterocycles. The molecule has 0 atom stereocenters. The second-order valence-corrected chi connectivity index (χ2v) is 13.7. The summed E-state index contributed by atoms with van der Waals surface area (Å²) in [6.45, 7) is 5.54. The van der Waals surface area contributed by atoms with Crippen molar-refractivity contribution < 1.29 is 23.6 Å². The number of benzene rings is 3. The van der Waals surface area contributed by atoms with Crippen LogP contribution in [0.15, 0.2) is 84.9 Å². The van der Waals surface area contributed by atoms with Crippen molar-refractivity contribution in [2.75, 3.05) is 53.4 Å². The van der Waals surface area contributed by atoms with Gasteiger partial charge in [0.25, 0.3) is 11.8 Å². The van der Waals surface area contributed by atoms with Crippen molar-refractivity contribution in [3.63, 3.8) is 0 Å². The summed E-state index contributed by atoms with van der Waals surface area (Å²) in [7, 11) is 4.48. The number of piperidine rings is 1. The second kappa shape index (κ2) is 16.7. The maximum atomic E-state index is 12.9. The van der Waals surface area contributed by atoms with E-state index in [9.17, 15) is 14.4 Å². The molecule has 0 unspecified atom stereocenters. The van der Waals surface area contributed by atoms with Gasteiger partial charge in [-0.2, -0.15) is 0 Å². The van der Waals surface area contributed by atoms with Gasteiger partial charge < -0.3 is 19.4 Å². The number of amides is 3. The van der Waals surface area contributed by atoms with Crippen LogP contribution in [-0.2, 0) is 4.74 Å². The number of likely N-dealkylation sites (tertiary alicyclic amines) is 1. The summed E-state index contributed by atoms with van der Waals surface area (Å²) in [5.74, 6) is -0.319. The number of hydrogen-bond acceptors (Lipinski definition) is 5. The lowest BCUT2D eigenvalue weighted by molar-refractivity contribution is -0.890. The molecule has 0 aromatic heterocycles. The quantitative estimate of drug-likeness (QED) is 0.108. The van der Waals surface area contributed by atoms with Gasteiger partial charge in [0.1, 0.15) is 6.10 Å². The van der Waals surface area contributed by atoms with Crippen LogP contribution in [0.25, 0.3) is 0 Å². The lowest BCUT2D eigenvalue weighted by Crippen LogP contribution is -2.43. The number of nitrogens with zero attached hydrogens (tertiary/aromatic N) is 3. The zero-order valence-electron chi connectivity index (χ0n) is 28.1. The Labute approximate surface area is 280 Å². The Balaban J connectivity index is 0.908. The van der Waals surface area contributed by atoms with Gasteiger partial charge in [-0.3, -0.25) is 14.5 Å². The monoisotopic (exact) mass is 639 g/mol. The number of hydrogen-bond donors (Lipinski definition) is 1. The normalized spacial score (nSPS) is 15.7. The number of carbonyl (C=O) groups excluding carboxylic acids is 3. The fourth-order valence-electron chi connectivity index (χ4n) is 6.82. The van der Waals surface area contributed by atoms with Gasteiger partial charge in [-0.05, 0) is 61.9 Å². The first-order valence-corrected chi connectivity index (χ1v) is 17.4. The van der Waals surface area contributed by atoms with Gasteiger partial charge in [0.2, 0.25) is 0 Å². The van der Waals surface area contributed by atoms with E-state index in [-0.39, 0.29) is 30.1 Å². The van der Waals surface area contributed by atoms with Crippen molar-refractivity contribution in [1.82, 2.24) is 15.1 Å². The van der Waals surface area contributed by atoms with Gasteiger partial charge in [-0.25, -0.2) is 4.79 Å². The smallest absolute Gasteiger partial charge is 0.408 e. The third kappa shape index (κ3) is 9.75. The number of quaternary nitrogens is 1. The molecule has 0 radical (unpaired) electrons. The zero-order chi connectivity index (χ0) is 33.1. The number of rotatable bonds is 16. The van der Waals surface area contributed by atoms with Crippen LogP contribution in [0.5, 0.6) is 0 Å². The van der Waals surface area contributed by atoms with Crippen molar-refractivity contribution in [3.8, 4) is 0 Å². The fraction of sp³-hybridized carbons (Fsp3) is 0.462. The number of alkyl carbamates (subject to hydrolysis) is 1. The number of unbranched alkanes of at least 4 members (excludes halogenated alkanes) is 4. The van der Waals surface area contributed by atoms with Gasteiger partial charge >= 0.3 is 6.09 Å². The third-order valence-electron chi connectivity index (χ3n) is 9.60. The van der Waals surface area contributed by atoms with Crippen molar-refractivity contribution in [1.29, 1.82) is 0 Å². The molecule has 0 aliphatic carbocycles. The Kier molecular flexibility index (Phi) is 12.2. The standard InChI is InChI=1S/C39H50N4O4/c1-43(2,30-16-26-42-37(44)34-21-12-13-22-35(34)38(42)45)29-15-5-3-4-14-25-41-27-23-33(24-28-41)47-39(46)40-36(31-17-8-6-9-18-31)32-19-10-7-11-20-32/h6-13,17-22,33,36H,3-5,14-16,23-30H2,1-2H3/p+1. The van der Waals surface area contributed by atoms with Crippen LogP contribution in [-0.4, -0.2) is 91.7 Å². The van der Waals surface area contributed by atoms with E-state index in [2.05, 4.69) is 24.3 Å². The van der Waals surface area contributed by atoms with Crippen molar-refractivity contribution in [2.24, 2.45) is 0 Å². The number of fused-ring (bicyclic) bond motifs is 1. The molecule has 0 spiro atoms. The molecule has 1 fully saturated rings. The predicted octanol–water partition coefficient (Wildman–Crippen LogP) is 6.68. The first kappa shape index (κ1) is 34.3. The summed E-state index contributed by atoms with van der Waals surface area (Å²) in [4.78, 5) is 42.0. The second-order valence-electron chi connectivity index (χ2n) is 13.7. The Morgan fingerprint density at radius 2 is 1.23 bits per heavy atom. The predicted molar refractivity (Wildman–Crippen MR) is 185 cm³/mol. The van der Waals surface area contributed by atoms with Crippen LogP contribution in [0.3, 0.4) is 0 Å². The van der Waals surface area contributed by atoms with Crippen molar-refractivity contribution in [3.05, 3.63) is 107 Å². The summed E-state index contributed by atoms with van der Waals surface area (Å²) in [6, 6.07) is 26.9. The van der Waals surface area contributed by atoms with Crippen LogP contribution in [0.4, 0.5) is 4.79 Å². The minimum Gasteiger partial charge on any atom is -0.446 e. The van der Waals surface area contributed by atoms with Gasteiger partial charge in [0.05, 0.1) is 44.4 Å². The van der Waals surface area contributed by atoms with Gasteiger partial charge in [0.15, 0.2) is 0 Å². The van der Waals surface area contributed by atoms with E-state index in [1.54, 1.807) is 12.1 Å². The molecular formula is C39H51N4O4+. The molecule has 5 rings (SSSR count).